The van der Waals surface area contributed by atoms with Gasteiger partial charge in [0.25, 0.3) is 0 Å². The minimum atomic E-state index is -0.534. The number of nitrogens with one attached hydrogen (secondary N) is 1. The fraction of sp³-hybridized carbons (Fsp3) is 0.207. The molecule has 0 bridgehead atoms. The van der Waals surface area contributed by atoms with E-state index in [0.717, 1.165) is 5.56 Å². The molecule has 0 unspecified atom stereocenters. The number of allylic oxidation sites excluding steroid dienone is 1. The molecule has 0 aliphatic heterocycles. The third-order valence-corrected chi connectivity index (χ3v) is 5.61. The smallest absolute Gasteiger partial charge is 0.203 e. The summed E-state index contributed by atoms with van der Waals surface area (Å²) in [6, 6.07) is 11.3. The van der Waals surface area contributed by atoms with E-state index in [4.69, 9.17) is 28.4 Å². The van der Waals surface area contributed by atoms with Crippen LogP contribution in [0.15, 0.2) is 54.7 Å². The SMILES string of the molecule is COc1cc(N/C=C\C(=O)c2ccc(OC)c(OC)c2)c(/C=C\c2cc(OC)c(OC)c(OC)c2)cc1F. The Labute approximate surface area is 221 Å². The molecule has 0 radical (unpaired) electrons. The van der Waals surface area contributed by atoms with Crippen LogP contribution in [0.3, 0.4) is 0 Å². The molecule has 0 atom stereocenters. The summed E-state index contributed by atoms with van der Waals surface area (Å²) in [6.07, 6.45) is 6.33. The number of ether oxygens (including phenoxy) is 6. The standard InChI is InChI=1S/C29H30FNO7/c1-33-24-10-9-20(16-26(24)35-3)23(32)11-12-31-22-17-25(34-2)21(30)15-19(22)8-7-18-13-27(36-4)29(38-6)28(14-18)37-5/h7-17,31H,1-6H3/b8-7-,12-11-. The normalized spacial score (nSPS) is 10.9. The van der Waals surface area contributed by atoms with Gasteiger partial charge in [-0.3, -0.25) is 4.79 Å². The first-order chi connectivity index (χ1) is 18.4. The van der Waals surface area contributed by atoms with Gasteiger partial charge in [0.15, 0.2) is 40.3 Å². The van der Waals surface area contributed by atoms with Gasteiger partial charge in [0.2, 0.25) is 5.75 Å². The van der Waals surface area contributed by atoms with Crippen molar-refractivity contribution in [3.8, 4) is 34.5 Å². The highest BCUT2D eigenvalue weighted by molar-refractivity contribution is 6.05. The molecule has 0 heterocycles. The van der Waals surface area contributed by atoms with Crippen LogP contribution in [-0.4, -0.2) is 48.4 Å². The highest BCUT2D eigenvalue weighted by Gasteiger charge is 2.13. The second-order valence-electron chi connectivity index (χ2n) is 7.78. The fourth-order valence-electron chi connectivity index (χ4n) is 3.66. The number of hydrogen-bond donors (Lipinski definition) is 1. The molecule has 0 amide bonds. The highest BCUT2D eigenvalue weighted by atomic mass is 19.1. The van der Waals surface area contributed by atoms with Crippen molar-refractivity contribution in [3.05, 3.63) is 77.2 Å². The monoisotopic (exact) mass is 523 g/mol. The van der Waals surface area contributed by atoms with Crippen molar-refractivity contribution >= 4 is 23.6 Å². The molecule has 3 aromatic rings. The molecule has 200 valence electrons. The number of benzene rings is 3. The average Bonchev–Trinajstić information content (AvgIpc) is 2.95. The summed E-state index contributed by atoms with van der Waals surface area (Å²) in [5, 5.41) is 3.04. The van der Waals surface area contributed by atoms with Gasteiger partial charge >= 0.3 is 0 Å². The quantitative estimate of drug-likeness (QED) is 0.180. The first kappa shape index (κ1) is 27.9. The predicted molar refractivity (Wildman–Crippen MR) is 145 cm³/mol. The van der Waals surface area contributed by atoms with Gasteiger partial charge in [0, 0.05) is 35.2 Å². The number of halogens is 1. The Kier molecular flexibility index (Phi) is 9.59. The van der Waals surface area contributed by atoms with E-state index in [9.17, 15) is 9.18 Å². The van der Waals surface area contributed by atoms with Crippen molar-refractivity contribution in [2.45, 2.75) is 0 Å². The Balaban J connectivity index is 1.89. The Bertz CT molecular complexity index is 1330. The van der Waals surface area contributed by atoms with Crippen molar-refractivity contribution in [2.75, 3.05) is 48.0 Å². The van der Waals surface area contributed by atoms with Crippen LogP contribution in [-0.2, 0) is 0 Å². The largest absolute Gasteiger partial charge is 0.494 e. The van der Waals surface area contributed by atoms with Crippen molar-refractivity contribution in [3.63, 3.8) is 0 Å². The molecule has 38 heavy (non-hydrogen) atoms. The highest BCUT2D eigenvalue weighted by Crippen LogP contribution is 2.39. The fourth-order valence-corrected chi connectivity index (χ4v) is 3.66. The third-order valence-electron chi connectivity index (χ3n) is 5.61. The molecule has 0 aliphatic carbocycles. The molecule has 9 heteroatoms. The van der Waals surface area contributed by atoms with Crippen molar-refractivity contribution < 1.29 is 37.6 Å². The first-order valence-corrected chi connectivity index (χ1v) is 11.4. The van der Waals surface area contributed by atoms with Crippen LogP contribution in [0.2, 0.25) is 0 Å². The van der Waals surface area contributed by atoms with E-state index in [1.807, 2.05) is 0 Å². The second kappa shape index (κ2) is 13.0. The maximum absolute atomic E-state index is 14.6. The Morgan fingerprint density at radius 3 is 1.92 bits per heavy atom. The van der Waals surface area contributed by atoms with Gasteiger partial charge in [0.1, 0.15) is 0 Å². The molecule has 0 aromatic heterocycles. The Hall–Kier alpha value is -4.66. The summed E-state index contributed by atoms with van der Waals surface area (Å²) >= 11 is 0. The van der Waals surface area contributed by atoms with Crippen LogP contribution in [0, 0.1) is 5.82 Å². The van der Waals surface area contributed by atoms with E-state index in [2.05, 4.69) is 5.32 Å². The summed E-state index contributed by atoms with van der Waals surface area (Å²) in [5.74, 6) is 1.67. The lowest BCUT2D eigenvalue weighted by Gasteiger charge is -2.13. The lowest BCUT2D eigenvalue weighted by molar-refractivity contribution is 0.104. The van der Waals surface area contributed by atoms with Crippen molar-refractivity contribution in [1.82, 2.24) is 0 Å². The molecule has 0 fully saturated rings. The van der Waals surface area contributed by atoms with Gasteiger partial charge in [-0.15, -0.1) is 0 Å². The molecule has 8 nitrogen and oxygen atoms in total. The van der Waals surface area contributed by atoms with Gasteiger partial charge in [-0.05, 0) is 42.0 Å². The average molecular weight is 524 g/mol. The molecule has 3 rings (SSSR count). The Morgan fingerprint density at radius 1 is 0.711 bits per heavy atom. The number of methoxy groups -OCH3 is 6. The van der Waals surface area contributed by atoms with Gasteiger partial charge in [0.05, 0.1) is 42.7 Å². The lowest BCUT2D eigenvalue weighted by atomic mass is 10.1. The molecule has 1 N–H and O–H groups in total. The minimum Gasteiger partial charge on any atom is -0.494 e. The zero-order valence-electron chi connectivity index (χ0n) is 22.1. The number of rotatable bonds is 12. The summed E-state index contributed by atoms with van der Waals surface area (Å²) in [6.45, 7) is 0. The van der Waals surface area contributed by atoms with E-state index in [0.29, 0.717) is 45.6 Å². The van der Waals surface area contributed by atoms with Gasteiger partial charge in [-0.1, -0.05) is 12.2 Å². The van der Waals surface area contributed by atoms with Crippen LogP contribution in [0.5, 0.6) is 34.5 Å². The second-order valence-corrected chi connectivity index (χ2v) is 7.78. The van der Waals surface area contributed by atoms with Crippen molar-refractivity contribution in [2.24, 2.45) is 0 Å². The molecule has 0 saturated carbocycles. The molecule has 0 saturated heterocycles. The number of carbonyl (C=O) groups excluding carboxylic acids is 1. The predicted octanol–water partition coefficient (Wildman–Crippen LogP) is 5.86. The molecular weight excluding hydrogens is 493 g/mol. The molecule has 3 aromatic carbocycles. The topological polar surface area (TPSA) is 84.5 Å². The minimum absolute atomic E-state index is 0.0528. The van der Waals surface area contributed by atoms with Crippen LogP contribution in [0.4, 0.5) is 10.1 Å². The van der Waals surface area contributed by atoms with Crippen LogP contribution in [0.25, 0.3) is 12.2 Å². The lowest BCUT2D eigenvalue weighted by Crippen LogP contribution is -2.00. The molecule has 0 spiro atoms. The van der Waals surface area contributed by atoms with E-state index >= 15 is 0 Å². The van der Waals surface area contributed by atoms with E-state index < -0.39 is 5.82 Å². The van der Waals surface area contributed by atoms with Gasteiger partial charge < -0.3 is 33.7 Å². The zero-order valence-corrected chi connectivity index (χ0v) is 22.1. The molecular formula is C29H30FNO7. The molecule has 0 aliphatic rings. The van der Waals surface area contributed by atoms with Crippen LogP contribution in [0.1, 0.15) is 21.5 Å². The Morgan fingerprint density at radius 2 is 1.34 bits per heavy atom. The summed E-state index contributed by atoms with van der Waals surface area (Å²) in [7, 11) is 8.98. The summed E-state index contributed by atoms with van der Waals surface area (Å²) in [5.41, 5.74) is 2.18. The number of carbonyl (C=O) groups is 1. The van der Waals surface area contributed by atoms with E-state index in [1.165, 1.54) is 67.1 Å². The number of ketones is 1. The maximum Gasteiger partial charge on any atom is 0.203 e. The van der Waals surface area contributed by atoms with Crippen LogP contribution < -0.4 is 33.7 Å². The van der Waals surface area contributed by atoms with Crippen LogP contribution >= 0.6 is 0 Å². The van der Waals surface area contributed by atoms with E-state index in [1.54, 1.807) is 42.5 Å². The summed E-state index contributed by atoms with van der Waals surface area (Å²) < 4.78 is 46.3. The van der Waals surface area contributed by atoms with Gasteiger partial charge in [-0.2, -0.15) is 0 Å². The van der Waals surface area contributed by atoms with Gasteiger partial charge in [-0.25, -0.2) is 4.39 Å². The maximum atomic E-state index is 14.6. The zero-order chi connectivity index (χ0) is 27.7. The third kappa shape index (κ3) is 6.36. The van der Waals surface area contributed by atoms with E-state index in [-0.39, 0.29) is 11.5 Å². The summed E-state index contributed by atoms with van der Waals surface area (Å²) in [4.78, 5) is 12.7. The van der Waals surface area contributed by atoms with Crippen molar-refractivity contribution in [1.29, 1.82) is 0 Å². The first-order valence-electron chi connectivity index (χ1n) is 11.4. The number of hydrogen-bond acceptors (Lipinski definition) is 8. The number of anilines is 1.